The summed E-state index contributed by atoms with van der Waals surface area (Å²) >= 11 is 0. The number of Topliss-reactive ketones (excluding diaryl/α,β-unsaturated/α-hetero) is 1. The molecule has 3 N–H and O–H groups in total. The average molecular weight is 498 g/mol. The van der Waals surface area contributed by atoms with Crippen LogP contribution in [0.15, 0.2) is 30.3 Å². The summed E-state index contributed by atoms with van der Waals surface area (Å²) in [5.41, 5.74) is 8.10. The van der Waals surface area contributed by atoms with Gasteiger partial charge in [0.15, 0.2) is 5.78 Å². The number of ketones is 1. The number of ether oxygens (including phenoxy) is 1. The zero-order valence-corrected chi connectivity index (χ0v) is 21.4. The maximum absolute atomic E-state index is 13.2. The van der Waals surface area contributed by atoms with Crippen molar-refractivity contribution in [2.24, 2.45) is 11.7 Å². The molecule has 3 amide bonds. The van der Waals surface area contributed by atoms with E-state index in [-0.39, 0.29) is 18.4 Å². The normalized spacial score (nSPS) is 14.1. The van der Waals surface area contributed by atoms with Crippen LogP contribution in [0.25, 0.3) is 0 Å². The van der Waals surface area contributed by atoms with Gasteiger partial charge in [0.05, 0.1) is 30.5 Å². The average Bonchev–Trinajstić information content (AvgIpc) is 3.19. The Hall–Kier alpha value is -3.66. The molecular formula is C26H35N5O5. The van der Waals surface area contributed by atoms with Crippen LogP contribution in [0.5, 0.6) is 0 Å². The van der Waals surface area contributed by atoms with Gasteiger partial charge in [-0.2, -0.15) is 0 Å². The maximum Gasteiger partial charge on any atom is 0.337 e. The summed E-state index contributed by atoms with van der Waals surface area (Å²) in [7, 11) is 1.31. The number of hydrogen-bond donors (Lipinski definition) is 2. The van der Waals surface area contributed by atoms with Crippen LogP contribution < -0.4 is 11.1 Å². The van der Waals surface area contributed by atoms with E-state index in [0.29, 0.717) is 66.8 Å². The molecule has 1 aliphatic heterocycles. The molecule has 36 heavy (non-hydrogen) atoms. The van der Waals surface area contributed by atoms with Gasteiger partial charge >= 0.3 is 12.0 Å². The largest absolute Gasteiger partial charge is 0.465 e. The van der Waals surface area contributed by atoms with Gasteiger partial charge in [0.2, 0.25) is 0 Å². The molecular weight excluding hydrogens is 462 g/mol. The van der Waals surface area contributed by atoms with Crippen molar-refractivity contribution >= 4 is 29.4 Å². The molecule has 1 aromatic heterocycles. The molecule has 2 heterocycles. The summed E-state index contributed by atoms with van der Waals surface area (Å²) in [5, 5.41) is 2.83. The quantitative estimate of drug-likeness (QED) is 0.405. The van der Waals surface area contributed by atoms with Crippen LogP contribution in [0, 0.1) is 12.8 Å². The van der Waals surface area contributed by atoms with Crippen LogP contribution in [0.3, 0.4) is 0 Å². The van der Waals surface area contributed by atoms with Crippen molar-refractivity contribution in [3.05, 3.63) is 52.8 Å². The van der Waals surface area contributed by atoms with E-state index in [1.54, 1.807) is 35.2 Å². The molecule has 0 bridgehead atoms. The van der Waals surface area contributed by atoms with Crippen molar-refractivity contribution in [2.45, 2.75) is 33.7 Å². The van der Waals surface area contributed by atoms with Gasteiger partial charge in [-0.15, -0.1) is 0 Å². The molecule has 10 nitrogen and oxygen atoms in total. The Kier molecular flexibility index (Phi) is 8.87. The highest BCUT2D eigenvalue weighted by Gasteiger charge is 2.26. The van der Waals surface area contributed by atoms with Crippen molar-refractivity contribution in [2.75, 3.05) is 45.2 Å². The van der Waals surface area contributed by atoms with Crippen molar-refractivity contribution in [3.8, 4) is 0 Å². The fourth-order valence-corrected chi connectivity index (χ4v) is 4.20. The first-order valence-corrected chi connectivity index (χ1v) is 12.1. The fourth-order valence-electron chi connectivity index (χ4n) is 4.20. The van der Waals surface area contributed by atoms with Gasteiger partial charge in [-0.25, -0.2) is 9.59 Å². The topological polar surface area (TPSA) is 127 Å². The van der Waals surface area contributed by atoms with E-state index in [1.165, 1.54) is 7.11 Å². The minimum absolute atomic E-state index is 0.0713. The Balaban J connectivity index is 1.57. The Labute approximate surface area is 211 Å². The molecule has 0 atom stereocenters. The molecule has 10 heteroatoms. The third kappa shape index (κ3) is 6.51. The standard InChI is InChI=1S/C26H35N5O5/c1-17(2)9-10-31-18(3)21(24(27)33)15-22(31)23(32)16-29-11-13-30(14-12-29)26(35)28-20-7-5-19(6-8-20)25(34)36-4/h5-8,15,17H,9-14,16H2,1-4H3,(H2,27,33)(H,28,35). The predicted octanol–water partition coefficient (Wildman–Crippen LogP) is 2.76. The lowest BCUT2D eigenvalue weighted by Crippen LogP contribution is -2.51. The maximum atomic E-state index is 13.2. The number of carbonyl (C=O) groups excluding carboxylic acids is 4. The SMILES string of the molecule is COC(=O)c1ccc(NC(=O)N2CCN(CC(=O)c3cc(C(N)=O)c(C)n3CCC(C)C)CC2)cc1. The molecule has 0 aliphatic carbocycles. The number of nitrogens with zero attached hydrogens (tertiary/aromatic N) is 3. The molecule has 3 rings (SSSR count). The molecule has 0 saturated carbocycles. The van der Waals surface area contributed by atoms with Gasteiger partial charge in [-0.05, 0) is 49.6 Å². The van der Waals surface area contributed by atoms with E-state index in [2.05, 4.69) is 23.9 Å². The molecule has 1 fully saturated rings. The smallest absolute Gasteiger partial charge is 0.337 e. The second kappa shape index (κ2) is 11.9. The number of methoxy groups -OCH3 is 1. The van der Waals surface area contributed by atoms with Crippen LogP contribution in [-0.4, -0.2) is 77.9 Å². The van der Waals surface area contributed by atoms with E-state index in [0.717, 1.165) is 6.42 Å². The van der Waals surface area contributed by atoms with Crippen molar-refractivity contribution in [1.29, 1.82) is 0 Å². The van der Waals surface area contributed by atoms with Crippen LogP contribution in [0.4, 0.5) is 10.5 Å². The van der Waals surface area contributed by atoms with E-state index in [1.807, 2.05) is 16.4 Å². The third-order valence-electron chi connectivity index (χ3n) is 6.43. The van der Waals surface area contributed by atoms with Gasteiger partial charge in [0.1, 0.15) is 0 Å². The zero-order chi connectivity index (χ0) is 26.4. The molecule has 1 aliphatic rings. The number of piperazine rings is 1. The summed E-state index contributed by atoms with van der Waals surface area (Å²) in [6.07, 6.45) is 0.882. The van der Waals surface area contributed by atoms with E-state index in [9.17, 15) is 19.2 Å². The number of amides is 3. The number of benzene rings is 1. The van der Waals surface area contributed by atoms with Crippen LogP contribution in [0.2, 0.25) is 0 Å². The third-order valence-corrected chi connectivity index (χ3v) is 6.43. The Morgan fingerprint density at radius 3 is 2.25 bits per heavy atom. The lowest BCUT2D eigenvalue weighted by atomic mass is 10.1. The number of primary amides is 1. The second-order valence-electron chi connectivity index (χ2n) is 9.41. The highest BCUT2D eigenvalue weighted by molar-refractivity contribution is 6.01. The van der Waals surface area contributed by atoms with Crippen molar-refractivity contribution in [1.82, 2.24) is 14.4 Å². The highest BCUT2D eigenvalue weighted by Crippen LogP contribution is 2.19. The Morgan fingerprint density at radius 1 is 1.06 bits per heavy atom. The summed E-state index contributed by atoms with van der Waals surface area (Å²) in [6.45, 7) is 8.94. The number of nitrogens with one attached hydrogen (secondary N) is 1. The van der Waals surface area contributed by atoms with Gasteiger partial charge in [-0.1, -0.05) is 13.8 Å². The Morgan fingerprint density at radius 2 is 1.69 bits per heavy atom. The number of carbonyl (C=O) groups is 4. The lowest BCUT2D eigenvalue weighted by molar-refractivity contribution is 0.0600. The summed E-state index contributed by atoms with van der Waals surface area (Å²) in [6, 6.07) is 7.85. The highest BCUT2D eigenvalue weighted by atomic mass is 16.5. The molecule has 194 valence electrons. The fraction of sp³-hybridized carbons (Fsp3) is 0.462. The minimum atomic E-state index is -0.538. The van der Waals surface area contributed by atoms with Gasteiger partial charge in [-0.3, -0.25) is 14.5 Å². The van der Waals surface area contributed by atoms with Gasteiger partial charge in [0.25, 0.3) is 5.91 Å². The molecule has 0 radical (unpaired) electrons. The molecule has 0 spiro atoms. The first-order chi connectivity index (χ1) is 17.1. The first-order valence-electron chi connectivity index (χ1n) is 12.1. The first kappa shape index (κ1) is 26.9. The number of urea groups is 1. The van der Waals surface area contributed by atoms with Gasteiger partial charge in [0, 0.05) is 44.1 Å². The van der Waals surface area contributed by atoms with Crippen LogP contribution >= 0.6 is 0 Å². The van der Waals surface area contributed by atoms with E-state index in [4.69, 9.17) is 5.73 Å². The monoisotopic (exact) mass is 497 g/mol. The van der Waals surface area contributed by atoms with Crippen molar-refractivity contribution in [3.63, 3.8) is 0 Å². The molecule has 1 saturated heterocycles. The predicted molar refractivity (Wildman–Crippen MR) is 136 cm³/mol. The van der Waals surface area contributed by atoms with Crippen LogP contribution in [-0.2, 0) is 11.3 Å². The lowest BCUT2D eigenvalue weighted by Gasteiger charge is -2.34. The minimum Gasteiger partial charge on any atom is -0.465 e. The summed E-state index contributed by atoms with van der Waals surface area (Å²) in [4.78, 5) is 52.9. The number of anilines is 1. The van der Waals surface area contributed by atoms with Gasteiger partial charge < -0.3 is 25.3 Å². The molecule has 0 unspecified atom stereocenters. The number of esters is 1. The summed E-state index contributed by atoms with van der Waals surface area (Å²) in [5.74, 6) is -0.592. The number of aromatic nitrogens is 1. The second-order valence-corrected chi connectivity index (χ2v) is 9.41. The van der Waals surface area contributed by atoms with E-state index >= 15 is 0 Å². The molecule has 1 aromatic carbocycles. The molecule has 2 aromatic rings. The van der Waals surface area contributed by atoms with Crippen molar-refractivity contribution < 1.29 is 23.9 Å². The zero-order valence-electron chi connectivity index (χ0n) is 21.4. The van der Waals surface area contributed by atoms with E-state index < -0.39 is 11.9 Å². The number of nitrogens with two attached hydrogens (primary N) is 1. The number of hydrogen-bond acceptors (Lipinski definition) is 6. The summed E-state index contributed by atoms with van der Waals surface area (Å²) < 4.78 is 6.58. The Bertz CT molecular complexity index is 1110. The van der Waals surface area contributed by atoms with Crippen LogP contribution in [0.1, 0.15) is 57.2 Å². The number of rotatable bonds is 9.